The Labute approximate surface area is 70.2 Å². The van der Waals surface area contributed by atoms with Crippen LogP contribution >= 0.6 is 0 Å². The summed E-state index contributed by atoms with van der Waals surface area (Å²) in [6, 6.07) is 1.37. The van der Waals surface area contributed by atoms with Crippen LogP contribution in [0.25, 0.3) is 0 Å². The molecule has 0 saturated heterocycles. The highest BCUT2D eigenvalue weighted by molar-refractivity contribution is 6.76. The summed E-state index contributed by atoms with van der Waals surface area (Å²) < 4.78 is 0. The number of nitrogens with zero attached hydrogens (tertiary/aromatic N) is 1. The monoisotopic (exact) mass is 167 g/mol. The summed E-state index contributed by atoms with van der Waals surface area (Å²) in [5.41, 5.74) is 1.31. The Kier molecular flexibility index (Phi) is 2.65. The average Bonchev–Trinajstić information content (AvgIpc) is 2.32. The Balaban J connectivity index is 2.28. The second-order valence-corrected chi connectivity index (χ2v) is 9.92. The van der Waals surface area contributed by atoms with Crippen LogP contribution in [0.3, 0.4) is 0 Å². The van der Waals surface area contributed by atoms with E-state index in [9.17, 15) is 0 Å². The first-order chi connectivity index (χ1) is 5.08. The van der Waals surface area contributed by atoms with Gasteiger partial charge in [0.1, 0.15) is 0 Å². The van der Waals surface area contributed by atoms with E-state index in [0.29, 0.717) is 0 Å². The van der Waals surface area contributed by atoms with Crippen LogP contribution in [0.2, 0.25) is 25.7 Å². The van der Waals surface area contributed by atoms with Crippen LogP contribution in [0.15, 0.2) is 17.1 Å². The third-order valence-electron chi connectivity index (χ3n) is 1.84. The molecule has 0 N–H and O–H groups in total. The molecule has 0 radical (unpaired) electrons. The van der Waals surface area contributed by atoms with Crippen molar-refractivity contribution in [1.82, 2.24) is 0 Å². The van der Waals surface area contributed by atoms with E-state index in [1.165, 1.54) is 18.2 Å². The van der Waals surface area contributed by atoms with Crippen LogP contribution in [0, 0.1) is 0 Å². The summed E-state index contributed by atoms with van der Waals surface area (Å²) in [6.45, 7) is 8.14. The summed E-state index contributed by atoms with van der Waals surface area (Å²) in [5, 5.41) is 0. The van der Waals surface area contributed by atoms with Gasteiger partial charge in [0.05, 0.1) is 6.54 Å². The van der Waals surface area contributed by atoms with Crippen molar-refractivity contribution >= 4 is 13.8 Å². The van der Waals surface area contributed by atoms with Gasteiger partial charge >= 0.3 is 0 Å². The van der Waals surface area contributed by atoms with Gasteiger partial charge in [-0.25, -0.2) is 0 Å². The summed E-state index contributed by atoms with van der Waals surface area (Å²) in [6.07, 6.45) is 5.51. The number of allylic oxidation sites excluding steroid dienone is 1. The van der Waals surface area contributed by atoms with Gasteiger partial charge in [0.2, 0.25) is 0 Å². The van der Waals surface area contributed by atoms with Crippen LogP contribution in [-0.4, -0.2) is 20.3 Å². The maximum atomic E-state index is 4.37. The SMILES string of the molecule is C[Si](C)(C)CCC1=NCC=C1. The predicted octanol–water partition coefficient (Wildman–Crippen LogP) is 2.73. The topological polar surface area (TPSA) is 12.4 Å². The number of rotatable bonds is 3. The third kappa shape index (κ3) is 3.51. The van der Waals surface area contributed by atoms with Gasteiger partial charge in [0, 0.05) is 13.8 Å². The Bertz CT molecular complexity index is 186. The molecule has 62 valence electrons. The lowest BCUT2D eigenvalue weighted by atomic mass is 10.3. The Morgan fingerprint density at radius 1 is 1.45 bits per heavy atom. The quantitative estimate of drug-likeness (QED) is 0.573. The molecule has 0 bridgehead atoms. The molecule has 1 aliphatic rings. The molecule has 1 heterocycles. The molecule has 0 aromatic carbocycles. The lowest BCUT2D eigenvalue weighted by molar-refractivity contribution is 1.18. The van der Waals surface area contributed by atoms with E-state index in [1.807, 2.05) is 0 Å². The minimum atomic E-state index is -0.839. The van der Waals surface area contributed by atoms with E-state index in [4.69, 9.17) is 0 Å². The van der Waals surface area contributed by atoms with Gasteiger partial charge in [-0.15, -0.1) is 0 Å². The largest absolute Gasteiger partial charge is 0.286 e. The van der Waals surface area contributed by atoms with Crippen LogP contribution in [0.1, 0.15) is 6.42 Å². The average molecular weight is 167 g/mol. The fourth-order valence-electron chi connectivity index (χ4n) is 1.08. The first-order valence-corrected chi connectivity index (χ1v) is 7.98. The number of aliphatic imine (C=N–C) groups is 1. The zero-order valence-electron chi connectivity index (χ0n) is 7.72. The molecule has 0 aromatic heterocycles. The fraction of sp³-hybridized carbons (Fsp3) is 0.667. The molecule has 0 unspecified atom stereocenters. The molecule has 0 aliphatic carbocycles. The van der Waals surface area contributed by atoms with E-state index >= 15 is 0 Å². The fourth-order valence-corrected chi connectivity index (χ4v) is 2.08. The third-order valence-corrected chi connectivity index (χ3v) is 3.59. The smallest absolute Gasteiger partial charge is 0.0577 e. The molecule has 0 fully saturated rings. The minimum absolute atomic E-state index is 0.839. The zero-order valence-corrected chi connectivity index (χ0v) is 8.72. The van der Waals surface area contributed by atoms with E-state index < -0.39 is 8.07 Å². The van der Waals surface area contributed by atoms with Gasteiger partial charge in [-0.3, -0.25) is 4.99 Å². The molecule has 0 spiro atoms. The van der Waals surface area contributed by atoms with Gasteiger partial charge in [0.15, 0.2) is 0 Å². The Morgan fingerprint density at radius 2 is 2.18 bits per heavy atom. The van der Waals surface area contributed by atoms with Gasteiger partial charge in [-0.05, 0) is 12.5 Å². The molecule has 1 aliphatic heterocycles. The molecule has 11 heavy (non-hydrogen) atoms. The molecule has 0 saturated carbocycles. The van der Waals surface area contributed by atoms with E-state index in [1.54, 1.807) is 0 Å². The van der Waals surface area contributed by atoms with Gasteiger partial charge in [-0.2, -0.15) is 0 Å². The van der Waals surface area contributed by atoms with Crippen molar-refractivity contribution in [3.63, 3.8) is 0 Å². The Hall–Kier alpha value is -0.373. The van der Waals surface area contributed by atoms with Crippen molar-refractivity contribution in [3.8, 4) is 0 Å². The molecule has 0 atom stereocenters. The van der Waals surface area contributed by atoms with Crippen LogP contribution in [0.5, 0.6) is 0 Å². The Morgan fingerprint density at radius 3 is 2.64 bits per heavy atom. The van der Waals surface area contributed by atoms with Gasteiger partial charge in [0.25, 0.3) is 0 Å². The maximum Gasteiger partial charge on any atom is 0.0577 e. The first-order valence-electron chi connectivity index (χ1n) is 4.28. The second kappa shape index (κ2) is 3.35. The first kappa shape index (κ1) is 8.72. The highest BCUT2D eigenvalue weighted by Gasteiger charge is 2.13. The number of hydrogen-bond acceptors (Lipinski definition) is 1. The van der Waals surface area contributed by atoms with Gasteiger partial charge < -0.3 is 0 Å². The van der Waals surface area contributed by atoms with Crippen LogP contribution < -0.4 is 0 Å². The van der Waals surface area contributed by atoms with Crippen molar-refractivity contribution < 1.29 is 0 Å². The summed E-state index contributed by atoms with van der Waals surface area (Å²) in [4.78, 5) is 4.37. The molecular weight excluding hydrogens is 150 g/mol. The normalized spacial score (nSPS) is 17.2. The van der Waals surface area contributed by atoms with E-state index in [-0.39, 0.29) is 0 Å². The molecule has 1 nitrogen and oxygen atoms in total. The lowest BCUT2D eigenvalue weighted by Gasteiger charge is -2.14. The second-order valence-electron chi connectivity index (χ2n) is 4.30. The van der Waals surface area contributed by atoms with Gasteiger partial charge in [-0.1, -0.05) is 31.8 Å². The highest BCUT2D eigenvalue weighted by Crippen LogP contribution is 2.13. The van der Waals surface area contributed by atoms with Crippen molar-refractivity contribution in [2.45, 2.75) is 32.1 Å². The van der Waals surface area contributed by atoms with Crippen molar-refractivity contribution in [2.24, 2.45) is 4.99 Å². The summed E-state index contributed by atoms with van der Waals surface area (Å²) in [5.74, 6) is 0. The molecule has 0 aromatic rings. The van der Waals surface area contributed by atoms with E-state index in [2.05, 4.69) is 36.8 Å². The summed E-state index contributed by atoms with van der Waals surface area (Å²) >= 11 is 0. The summed E-state index contributed by atoms with van der Waals surface area (Å²) in [7, 11) is -0.839. The van der Waals surface area contributed by atoms with Crippen molar-refractivity contribution in [1.29, 1.82) is 0 Å². The van der Waals surface area contributed by atoms with Crippen LogP contribution in [0.4, 0.5) is 0 Å². The number of hydrogen-bond donors (Lipinski definition) is 0. The predicted molar refractivity (Wildman–Crippen MR) is 54.2 cm³/mol. The van der Waals surface area contributed by atoms with E-state index in [0.717, 1.165) is 6.54 Å². The van der Waals surface area contributed by atoms with Crippen LogP contribution in [-0.2, 0) is 0 Å². The molecular formula is C9H17NSi. The standard InChI is InChI=1S/C9H17NSi/c1-11(2,3)8-6-9-5-4-7-10-9/h4-5H,6-8H2,1-3H3. The maximum absolute atomic E-state index is 4.37. The molecule has 1 rings (SSSR count). The lowest BCUT2D eigenvalue weighted by Crippen LogP contribution is -2.19. The molecule has 2 heteroatoms. The highest BCUT2D eigenvalue weighted by atomic mass is 28.3. The zero-order chi connectivity index (χ0) is 8.32. The van der Waals surface area contributed by atoms with Crippen molar-refractivity contribution in [2.75, 3.05) is 6.54 Å². The minimum Gasteiger partial charge on any atom is -0.286 e. The van der Waals surface area contributed by atoms with Crippen molar-refractivity contribution in [3.05, 3.63) is 12.2 Å². The molecule has 0 amide bonds.